The number of carbonyl (C=O) groups is 1. The molecular formula is C10H20O2. The quantitative estimate of drug-likeness (QED) is 0.707. The molecule has 2 nitrogen and oxygen atoms in total. The van der Waals surface area contributed by atoms with Crippen LogP contribution in [0.5, 0.6) is 0 Å². The summed E-state index contributed by atoms with van der Waals surface area (Å²) in [6.07, 6.45) is -0.241. The molecular weight excluding hydrogens is 152 g/mol. The summed E-state index contributed by atoms with van der Waals surface area (Å²) in [4.78, 5) is 11.3. The first kappa shape index (κ1) is 11.6. The van der Waals surface area contributed by atoms with Crippen molar-refractivity contribution < 1.29 is 9.90 Å². The van der Waals surface area contributed by atoms with Gasteiger partial charge in [0.1, 0.15) is 6.10 Å². The Labute approximate surface area is 75.0 Å². The summed E-state index contributed by atoms with van der Waals surface area (Å²) in [6.45, 7) is 9.68. The number of hydrogen-bond donors (Lipinski definition) is 1. The predicted molar refractivity (Wildman–Crippen MR) is 49.9 cm³/mol. The molecule has 0 saturated heterocycles. The van der Waals surface area contributed by atoms with Crippen LogP contribution in [-0.2, 0) is 4.79 Å². The molecule has 2 heteroatoms. The largest absolute Gasteiger partial charge is 0.385 e. The lowest BCUT2D eigenvalue weighted by atomic mass is 9.86. The van der Waals surface area contributed by atoms with Crippen LogP contribution >= 0.6 is 0 Å². The summed E-state index contributed by atoms with van der Waals surface area (Å²) < 4.78 is 0. The number of ketones is 1. The first-order chi connectivity index (χ1) is 5.24. The Morgan fingerprint density at radius 2 is 1.75 bits per heavy atom. The third-order valence-electron chi connectivity index (χ3n) is 1.70. The molecule has 0 unspecified atom stereocenters. The Hall–Kier alpha value is -0.370. The van der Waals surface area contributed by atoms with E-state index in [0.717, 1.165) is 0 Å². The van der Waals surface area contributed by atoms with Gasteiger partial charge >= 0.3 is 0 Å². The van der Waals surface area contributed by atoms with Gasteiger partial charge in [-0.1, -0.05) is 34.6 Å². The van der Waals surface area contributed by atoms with Crippen molar-refractivity contribution in [2.75, 3.05) is 0 Å². The molecule has 72 valence electrons. The Bertz CT molecular complexity index is 154. The minimum absolute atomic E-state index is 0.0178. The molecule has 0 rings (SSSR count). The Kier molecular flexibility index (Phi) is 3.91. The molecule has 0 aromatic rings. The highest BCUT2D eigenvalue weighted by Crippen LogP contribution is 2.22. The maximum absolute atomic E-state index is 11.3. The monoisotopic (exact) mass is 172 g/mol. The molecule has 0 bridgehead atoms. The maximum atomic E-state index is 11.3. The van der Waals surface area contributed by atoms with Crippen molar-refractivity contribution in [2.24, 2.45) is 11.3 Å². The fraction of sp³-hybridized carbons (Fsp3) is 0.900. The van der Waals surface area contributed by atoms with Gasteiger partial charge in [-0.2, -0.15) is 0 Å². The predicted octanol–water partition coefficient (Wildman–Crippen LogP) is 2.01. The van der Waals surface area contributed by atoms with Gasteiger partial charge in [-0.25, -0.2) is 0 Å². The molecule has 12 heavy (non-hydrogen) atoms. The molecule has 0 aromatic heterocycles. The number of Topliss-reactive ketones (excluding diaryl/α,β-unsaturated/α-hetero) is 1. The molecule has 0 saturated carbocycles. The zero-order valence-corrected chi connectivity index (χ0v) is 8.72. The van der Waals surface area contributed by atoms with Gasteiger partial charge in [-0.3, -0.25) is 4.79 Å². The van der Waals surface area contributed by atoms with Crippen molar-refractivity contribution in [3.63, 3.8) is 0 Å². The number of aliphatic hydroxyl groups excluding tert-OH is 1. The second kappa shape index (κ2) is 4.04. The second-order valence-corrected chi connectivity index (χ2v) is 4.84. The zero-order chi connectivity index (χ0) is 9.94. The van der Waals surface area contributed by atoms with Crippen LogP contribution in [0.4, 0.5) is 0 Å². The molecule has 0 heterocycles. The molecule has 0 amide bonds. The summed E-state index contributed by atoms with van der Waals surface area (Å²) in [7, 11) is 0. The van der Waals surface area contributed by atoms with Crippen molar-refractivity contribution in [1.82, 2.24) is 0 Å². The van der Waals surface area contributed by atoms with Gasteiger partial charge in [0.25, 0.3) is 0 Å². The molecule has 0 aliphatic rings. The molecule has 0 spiro atoms. The third kappa shape index (κ3) is 4.50. The first-order valence-electron chi connectivity index (χ1n) is 4.46. The van der Waals surface area contributed by atoms with E-state index in [1.54, 1.807) is 0 Å². The smallest absolute Gasteiger partial charge is 0.163 e. The molecule has 0 aliphatic carbocycles. The fourth-order valence-corrected chi connectivity index (χ4v) is 1.07. The van der Waals surface area contributed by atoms with Crippen molar-refractivity contribution in [3.8, 4) is 0 Å². The lowest BCUT2D eigenvalue weighted by Crippen LogP contribution is -2.29. The van der Waals surface area contributed by atoms with E-state index in [1.165, 1.54) is 0 Å². The van der Waals surface area contributed by atoms with E-state index in [9.17, 15) is 9.90 Å². The summed E-state index contributed by atoms with van der Waals surface area (Å²) in [5.41, 5.74) is 0.0178. The molecule has 0 aromatic carbocycles. The van der Waals surface area contributed by atoms with Gasteiger partial charge in [0.2, 0.25) is 0 Å². The minimum Gasteiger partial charge on any atom is -0.385 e. The fourth-order valence-electron chi connectivity index (χ4n) is 1.07. The second-order valence-electron chi connectivity index (χ2n) is 4.84. The van der Waals surface area contributed by atoms with E-state index in [2.05, 4.69) is 0 Å². The van der Waals surface area contributed by atoms with Crippen LogP contribution in [0.15, 0.2) is 0 Å². The van der Waals surface area contributed by atoms with E-state index in [1.807, 2.05) is 34.6 Å². The standard InChI is InChI=1S/C10H20O2/c1-7(2)9(12)8(11)6-10(3,4)5/h7-8,11H,6H2,1-5H3/t8-/m0/s1. The van der Waals surface area contributed by atoms with Crippen LogP contribution in [0.3, 0.4) is 0 Å². The molecule has 1 atom stereocenters. The minimum atomic E-state index is -0.787. The van der Waals surface area contributed by atoms with Gasteiger partial charge in [0, 0.05) is 5.92 Å². The van der Waals surface area contributed by atoms with E-state index in [0.29, 0.717) is 6.42 Å². The van der Waals surface area contributed by atoms with Gasteiger partial charge in [0.05, 0.1) is 0 Å². The van der Waals surface area contributed by atoms with Crippen LogP contribution in [-0.4, -0.2) is 17.0 Å². The van der Waals surface area contributed by atoms with Crippen LogP contribution in [0.1, 0.15) is 41.0 Å². The Morgan fingerprint density at radius 3 is 2.00 bits per heavy atom. The SMILES string of the molecule is CC(C)C(=O)[C@@H](O)CC(C)(C)C. The van der Waals surface area contributed by atoms with E-state index in [-0.39, 0.29) is 17.1 Å². The maximum Gasteiger partial charge on any atom is 0.163 e. The highest BCUT2D eigenvalue weighted by atomic mass is 16.3. The van der Waals surface area contributed by atoms with Crippen molar-refractivity contribution >= 4 is 5.78 Å². The summed E-state index contributed by atoms with van der Waals surface area (Å²) in [6, 6.07) is 0. The normalized spacial score (nSPS) is 14.9. The number of aliphatic hydroxyl groups is 1. The average molecular weight is 172 g/mol. The van der Waals surface area contributed by atoms with Gasteiger partial charge in [-0.15, -0.1) is 0 Å². The van der Waals surface area contributed by atoms with Crippen molar-refractivity contribution in [3.05, 3.63) is 0 Å². The molecule has 1 N–H and O–H groups in total. The van der Waals surface area contributed by atoms with Gasteiger partial charge < -0.3 is 5.11 Å². The summed E-state index contributed by atoms with van der Waals surface area (Å²) >= 11 is 0. The number of hydrogen-bond acceptors (Lipinski definition) is 2. The lowest BCUT2D eigenvalue weighted by Gasteiger charge is -2.22. The van der Waals surface area contributed by atoms with E-state index >= 15 is 0 Å². The highest BCUT2D eigenvalue weighted by molar-refractivity contribution is 5.84. The van der Waals surface area contributed by atoms with E-state index < -0.39 is 6.10 Å². The third-order valence-corrected chi connectivity index (χ3v) is 1.70. The number of carbonyl (C=O) groups excluding carboxylic acids is 1. The van der Waals surface area contributed by atoms with Crippen molar-refractivity contribution in [2.45, 2.75) is 47.1 Å². The van der Waals surface area contributed by atoms with Crippen LogP contribution < -0.4 is 0 Å². The topological polar surface area (TPSA) is 37.3 Å². The van der Waals surface area contributed by atoms with Crippen molar-refractivity contribution in [1.29, 1.82) is 0 Å². The van der Waals surface area contributed by atoms with Crippen LogP contribution in [0, 0.1) is 11.3 Å². The molecule has 0 aliphatic heterocycles. The van der Waals surface area contributed by atoms with Gasteiger partial charge in [-0.05, 0) is 11.8 Å². The summed E-state index contributed by atoms with van der Waals surface area (Å²) in [5, 5.41) is 9.47. The summed E-state index contributed by atoms with van der Waals surface area (Å²) in [5.74, 6) is -0.118. The average Bonchev–Trinajstić information content (AvgIpc) is 1.82. The van der Waals surface area contributed by atoms with Crippen LogP contribution in [0.25, 0.3) is 0 Å². The zero-order valence-electron chi connectivity index (χ0n) is 8.72. The molecule has 0 radical (unpaired) electrons. The van der Waals surface area contributed by atoms with Crippen LogP contribution in [0.2, 0.25) is 0 Å². The first-order valence-corrected chi connectivity index (χ1v) is 4.46. The van der Waals surface area contributed by atoms with E-state index in [4.69, 9.17) is 0 Å². The highest BCUT2D eigenvalue weighted by Gasteiger charge is 2.23. The van der Waals surface area contributed by atoms with Gasteiger partial charge in [0.15, 0.2) is 5.78 Å². The molecule has 0 fully saturated rings. The number of rotatable bonds is 3. The Morgan fingerprint density at radius 1 is 1.33 bits per heavy atom. The Balaban J connectivity index is 4.05. The lowest BCUT2D eigenvalue weighted by molar-refractivity contribution is -0.131.